The minimum atomic E-state index is -0.0721. The zero-order valence-electron chi connectivity index (χ0n) is 16.0. The van der Waals surface area contributed by atoms with Crippen molar-refractivity contribution in [1.82, 2.24) is 0 Å². The van der Waals surface area contributed by atoms with Crippen molar-refractivity contribution in [1.29, 1.82) is 0 Å². The summed E-state index contributed by atoms with van der Waals surface area (Å²) in [4.78, 5) is 23.2. The van der Waals surface area contributed by atoms with Gasteiger partial charge in [-0.1, -0.05) is 47.5 Å². The van der Waals surface area contributed by atoms with Gasteiger partial charge in [0.25, 0.3) is 0 Å². The predicted molar refractivity (Wildman–Crippen MR) is 109 cm³/mol. The summed E-state index contributed by atoms with van der Waals surface area (Å²) in [6.07, 6.45) is 1.40. The standard InChI is InChI=1S/C12H10O2.C12H12O/c1-7-3-4-9-10(5-7)12(14)8(2)6-11(9)13;1-8-3-5-10-6-4-9(2)12(13)11(10)7-8/h3-6H,1-2H3;3-7,13H,1-2H3. The molecule has 0 radical (unpaired) electrons. The molecule has 1 N–H and O–H groups in total. The molecule has 0 atom stereocenters. The molecule has 1 aliphatic carbocycles. The highest BCUT2D eigenvalue weighted by molar-refractivity contribution is 6.24. The molecule has 27 heavy (non-hydrogen) atoms. The predicted octanol–water partition coefficient (Wildman–Crippen LogP) is 5.48. The molecule has 0 saturated heterocycles. The van der Waals surface area contributed by atoms with Crippen molar-refractivity contribution in [2.24, 2.45) is 0 Å². The second-order valence-electron chi connectivity index (χ2n) is 7.03. The molecule has 3 aromatic rings. The third kappa shape index (κ3) is 3.68. The van der Waals surface area contributed by atoms with Crippen LogP contribution in [0.4, 0.5) is 0 Å². The first-order valence-corrected chi connectivity index (χ1v) is 8.85. The largest absolute Gasteiger partial charge is 0.507 e. The van der Waals surface area contributed by atoms with E-state index in [1.165, 1.54) is 11.6 Å². The van der Waals surface area contributed by atoms with Gasteiger partial charge in [-0.3, -0.25) is 9.59 Å². The highest BCUT2D eigenvalue weighted by atomic mass is 16.3. The Bertz CT molecular complexity index is 1100. The van der Waals surface area contributed by atoms with Gasteiger partial charge in [0.15, 0.2) is 11.6 Å². The number of hydrogen-bond donors (Lipinski definition) is 1. The number of hydrogen-bond acceptors (Lipinski definition) is 3. The van der Waals surface area contributed by atoms with E-state index in [1.807, 2.05) is 51.1 Å². The summed E-state index contributed by atoms with van der Waals surface area (Å²) in [6, 6.07) is 15.4. The van der Waals surface area contributed by atoms with E-state index in [-0.39, 0.29) is 11.6 Å². The fourth-order valence-electron chi connectivity index (χ4n) is 3.14. The fraction of sp³-hybridized carbons (Fsp3) is 0.167. The Morgan fingerprint density at radius 2 is 1.37 bits per heavy atom. The molecule has 0 spiro atoms. The molecular weight excluding hydrogens is 336 g/mol. The van der Waals surface area contributed by atoms with Crippen molar-refractivity contribution in [2.45, 2.75) is 27.7 Å². The van der Waals surface area contributed by atoms with Crippen molar-refractivity contribution in [3.05, 3.63) is 88.0 Å². The van der Waals surface area contributed by atoms with Crippen LogP contribution in [0.25, 0.3) is 10.8 Å². The first kappa shape index (κ1) is 18.6. The van der Waals surface area contributed by atoms with Gasteiger partial charge >= 0.3 is 0 Å². The number of carbonyl (C=O) groups is 2. The Balaban J connectivity index is 0.000000156. The number of benzene rings is 3. The highest BCUT2D eigenvalue weighted by Gasteiger charge is 2.22. The summed E-state index contributed by atoms with van der Waals surface area (Å²) in [5, 5.41) is 11.8. The van der Waals surface area contributed by atoms with E-state index >= 15 is 0 Å². The van der Waals surface area contributed by atoms with E-state index in [2.05, 4.69) is 6.07 Å². The van der Waals surface area contributed by atoms with Gasteiger partial charge in [0, 0.05) is 22.1 Å². The highest BCUT2D eigenvalue weighted by Crippen LogP contribution is 2.28. The first-order chi connectivity index (χ1) is 12.8. The number of phenolic OH excluding ortho intramolecular Hbond substituents is 1. The summed E-state index contributed by atoms with van der Waals surface area (Å²) in [7, 11) is 0. The van der Waals surface area contributed by atoms with E-state index in [4.69, 9.17) is 0 Å². The van der Waals surface area contributed by atoms with Crippen LogP contribution in [0.5, 0.6) is 5.75 Å². The average Bonchev–Trinajstić information content (AvgIpc) is 2.64. The van der Waals surface area contributed by atoms with Crippen molar-refractivity contribution >= 4 is 22.3 Å². The fourth-order valence-corrected chi connectivity index (χ4v) is 3.14. The number of phenols is 1. The van der Waals surface area contributed by atoms with E-state index in [0.29, 0.717) is 22.4 Å². The van der Waals surface area contributed by atoms with E-state index < -0.39 is 0 Å². The Hall–Kier alpha value is -3.20. The first-order valence-electron chi connectivity index (χ1n) is 8.85. The Morgan fingerprint density at radius 3 is 2.11 bits per heavy atom. The number of ketones is 2. The van der Waals surface area contributed by atoms with Crippen LogP contribution in [-0.4, -0.2) is 16.7 Å². The Labute approximate surface area is 159 Å². The number of carbonyl (C=O) groups excluding carboxylic acids is 2. The van der Waals surface area contributed by atoms with Gasteiger partial charge in [0.2, 0.25) is 0 Å². The van der Waals surface area contributed by atoms with Crippen LogP contribution in [0.1, 0.15) is 44.3 Å². The second-order valence-corrected chi connectivity index (χ2v) is 7.03. The van der Waals surface area contributed by atoms with Crippen molar-refractivity contribution in [2.75, 3.05) is 0 Å². The zero-order valence-corrected chi connectivity index (χ0v) is 16.0. The van der Waals surface area contributed by atoms with E-state index in [9.17, 15) is 14.7 Å². The maximum atomic E-state index is 11.7. The zero-order chi connectivity index (χ0) is 19.7. The number of aromatic hydroxyl groups is 1. The van der Waals surface area contributed by atoms with Crippen LogP contribution >= 0.6 is 0 Å². The van der Waals surface area contributed by atoms with E-state index in [0.717, 1.165) is 21.9 Å². The van der Waals surface area contributed by atoms with Gasteiger partial charge in [0.05, 0.1) is 0 Å². The van der Waals surface area contributed by atoms with Crippen molar-refractivity contribution < 1.29 is 14.7 Å². The van der Waals surface area contributed by atoms with Crippen molar-refractivity contribution in [3.63, 3.8) is 0 Å². The van der Waals surface area contributed by atoms with Crippen LogP contribution in [0, 0.1) is 20.8 Å². The maximum Gasteiger partial charge on any atom is 0.189 e. The molecule has 0 fully saturated rings. The normalized spacial score (nSPS) is 13.0. The molecule has 0 saturated carbocycles. The third-order valence-electron chi connectivity index (χ3n) is 4.74. The van der Waals surface area contributed by atoms with Gasteiger partial charge in [0.1, 0.15) is 5.75 Å². The molecule has 1 aliphatic rings. The second kappa shape index (κ2) is 7.20. The number of allylic oxidation sites excluding steroid dienone is 2. The molecule has 136 valence electrons. The van der Waals surface area contributed by atoms with Gasteiger partial charge in [-0.25, -0.2) is 0 Å². The molecule has 3 heteroatoms. The minimum absolute atomic E-state index is 0.0386. The molecule has 0 heterocycles. The lowest BCUT2D eigenvalue weighted by atomic mass is 9.89. The van der Waals surface area contributed by atoms with Crippen molar-refractivity contribution in [3.8, 4) is 5.75 Å². The molecule has 3 aromatic carbocycles. The molecule has 4 rings (SSSR count). The molecule has 0 unspecified atom stereocenters. The van der Waals surface area contributed by atoms with E-state index in [1.54, 1.807) is 19.1 Å². The number of rotatable bonds is 0. The summed E-state index contributed by atoms with van der Waals surface area (Å²) >= 11 is 0. The lowest BCUT2D eigenvalue weighted by Gasteiger charge is -2.12. The topological polar surface area (TPSA) is 54.4 Å². The lowest BCUT2D eigenvalue weighted by molar-refractivity contribution is 0.0984. The monoisotopic (exact) mass is 358 g/mol. The van der Waals surface area contributed by atoms with Crippen LogP contribution < -0.4 is 0 Å². The van der Waals surface area contributed by atoms with Crippen LogP contribution in [-0.2, 0) is 0 Å². The molecule has 0 bridgehead atoms. The molecular formula is C24H22O3. The third-order valence-corrected chi connectivity index (χ3v) is 4.74. The molecule has 0 amide bonds. The van der Waals surface area contributed by atoms with Gasteiger partial charge in [-0.15, -0.1) is 0 Å². The minimum Gasteiger partial charge on any atom is -0.507 e. The smallest absolute Gasteiger partial charge is 0.189 e. The Kier molecular flexibility index (Phi) is 4.95. The van der Waals surface area contributed by atoms with Crippen LogP contribution in [0.2, 0.25) is 0 Å². The molecule has 0 aliphatic heterocycles. The summed E-state index contributed by atoms with van der Waals surface area (Å²) in [5.74, 6) is 0.293. The quantitative estimate of drug-likeness (QED) is 0.579. The number of fused-ring (bicyclic) bond motifs is 2. The molecule has 0 aromatic heterocycles. The lowest BCUT2D eigenvalue weighted by Crippen LogP contribution is -2.15. The van der Waals surface area contributed by atoms with Crippen LogP contribution in [0.3, 0.4) is 0 Å². The van der Waals surface area contributed by atoms with Gasteiger partial charge in [-0.05, 0) is 56.9 Å². The average molecular weight is 358 g/mol. The Morgan fingerprint density at radius 1 is 0.741 bits per heavy atom. The van der Waals surface area contributed by atoms with Crippen LogP contribution in [0.15, 0.2) is 60.2 Å². The molecule has 3 nitrogen and oxygen atoms in total. The number of Topliss-reactive ketones (excluding diaryl/α,β-unsaturated/α-hetero) is 1. The SMILES string of the molecule is CC1=CC(=O)c2ccc(C)cc2C1=O.Cc1ccc2ccc(C)c(O)c2c1. The summed E-state index contributed by atoms with van der Waals surface area (Å²) in [5.41, 5.74) is 4.68. The maximum absolute atomic E-state index is 11.7. The summed E-state index contributed by atoms with van der Waals surface area (Å²) in [6.45, 7) is 7.52. The number of aryl methyl sites for hydroxylation is 3. The van der Waals surface area contributed by atoms with Gasteiger partial charge < -0.3 is 5.11 Å². The summed E-state index contributed by atoms with van der Waals surface area (Å²) < 4.78 is 0. The van der Waals surface area contributed by atoms with Gasteiger partial charge in [-0.2, -0.15) is 0 Å².